The predicted molar refractivity (Wildman–Crippen MR) is 64.1 cm³/mol. The number of hydrogen-bond donors (Lipinski definition) is 3. The highest BCUT2D eigenvalue weighted by atomic mass is 16.4. The van der Waals surface area contributed by atoms with Crippen molar-refractivity contribution in [1.29, 1.82) is 0 Å². The van der Waals surface area contributed by atoms with E-state index in [-0.39, 0.29) is 11.3 Å². The summed E-state index contributed by atoms with van der Waals surface area (Å²) in [5.74, 6) is -1.25. The molecule has 18 heavy (non-hydrogen) atoms. The zero-order valence-corrected chi connectivity index (χ0v) is 10.0. The van der Waals surface area contributed by atoms with Crippen LogP contribution in [0.4, 0.5) is 0 Å². The van der Waals surface area contributed by atoms with Crippen molar-refractivity contribution in [1.82, 2.24) is 10.3 Å². The Hall–Kier alpha value is -1.78. The van der Waals surface area contributed by atoms with E-state index in [1.54, 1.807) is 18.3 Å². The molecule has 1 aromatic rings. The molecule has 5 nitrogen and oxygen atoms in total. The third-order valence-electron chi connectivity index (χ3n) is 4.37. The Labute approximate surface area is 105 Å². The molecule has 3 rings (SSSR count). The van der Waals surface area contributed by atoms with Gasteiger partial charge in [0.1, 0.15) is 11.2 Å². The number of hydrogen-bond acceptors (Lipinski definition) is 2. The molecule has 1 amide bonds. The van der Waals surface area contributed by atoms with Crippen molar-refractivity contribution in [3.8, 4) is 0 Å². The maximum atomic E-state index is 11.9. The fourth-order valence-corrected chi connectivity index (χ4v) is 3.31. The van der Waals surface area contributed by atoms with Crippen molar-refractivity contribution in [3.63, 3.8) is 0 Å². The van der Waals surface area contributed by atoms with Crippen molar-refractivity contribution in [3.05, 3.63) is 24.0 Å². The van der Waals surface area contributed by atoms with Crippen LogP contribution in [0, 0.1) is 5.41 Å². The fourth-order valence-electron chi connectivity index (χ4n) is 3.31. The van der Waals surface area contributed by atoms with Crippen LogP contribution in [0.5, 0.6) is 0 Å². The lowest BCUT2D eigenvalue weighted by molar-refractivity contribution is -0.161. The van der Waals surface area contributed by atoms with Crippen LogP contribution < -0.4 is 5.32 Å². The molecular weight excluding hydrogens is 232 g/mol. The first-order chi connectivity index (χ1) is 8.55. The van der Waals surface area contributed by atoms with E-state index < -0.39 is 11.5 Å². The van der Waals surface area contributed by atoms with Crippen LogP contribution in [0.3, 0.4) is 0 Å². The van der Waals surface area contributed by atoms with Gasteiger partial charge in [0.25, 0.3) is 5.91 Å². The summed E-state index contributed by atoms with van der Waals surface area (Å²) >= 11 is 0. The molecule has 0 unspecified atom stereocenters. The molecule has 1 aromatic heterocycles. The van der Waals surface area contributed by atoms with E-state index in [0.717, 1.165) is 12.8 Å². The molecule has 96 valence electrons. The highest BCUT2D eigenvalue weighted by Gasteiger charge is 2.61. The summed E-state index contributed by atoms with van der Waals surface area (Å²) in [7, 11) is 0. The van der Waals surface area contributed by atoms with Gasteiger partial charge in [-0.25, -0.2) is 4.79 Å². The van der Waals surface area contributed by atoms with Crippen molar-refractivity contribution in [2.75, 3.05) is 0 Å². The number of nitrogens with one attached hydrogen (secondary N) is 2. The molecular formula is C13H16N2O3. The fraction of sp³-hybridized carbons (Fsp3) is 0.538. The van der Waals surface area contributed by atoms with Crippen molar-refractivity contribution in [2.24, 2.45) is 5.41 Å². The third kappa shape index (κ3) is 1.54. The number of amides is 1. The number of carbonyl (C=O) groups excluding carboxylic acids is 1. The monoisotopic (exact) mass is 248 g/mol. The highest BCUT2D eigenvalue weighted by Crippen LogP contribution is 2.60. The summed E-state index contributed by atoms with van der Waals surface area (Å²) in [6.45, 7) is 0. The minimum Gasteiger partial charge on any atom is -0.480 e. The van der Waals surface area contributed by atoms with Gasteiger partial charge in [-0.2, -0.15) is 0 Å². The molecule has 3 N–H and O–H groups in total. The Morgan fingerprint density at radius 2 is 2.06 bits per heavy atom. The second kappa shape index (κ2) is 3.60. The lowest BCUT2D eigenvalue weighted by Gasteiger charge is -2.58. The molecule has 0 aromatic carbocycles. The Balaban J connectivity index is 1.72. The van der Waals surface area contributed by atoms with E-state index >= 15 is 0 Å². The molecule has 0 bridgehead atoms. The minimum absolute atomic E-state index is 0.196. The van der Waals surface area contributed by atoms with Gasteiger partial charge in [-0.1, -0.05) is 6.42 Å². The van der Waals surface area contributed by atoms with Crippen LogP contribution in [-0.4, -0.2) is 27.5 Å². The SMILES string of the molecule is O=C(NC1(C(=O)O)CC2(CCC2)C1)c1ccc[nH]1. The van der Waals surface area contributed by atoms with Crippen molar-refractivity contribution in [2.45, 2.75) is 37.6 Å². The summed E-state index contributed by atoms with van der Waals surface area (Å²) < 4.78 is 0. The quantitative estimate of drug-likeness (QED) is 0.758. The number of aromatic amines is 1. The summed E-state index contributed by atoms with van der Waals surface area (Å²) in [5, 5.41) is 12.0. The Morgan fingerprint density at radius 1 is 1.33 bits per heavy atom. The summed E-state index contributed by atoms with van der Waals surface area (Å²) in [6, 6.07) is 3.36. The lowest BCUT2D eigenvalue weighted by atomic mass is 9.48. The van der Waals surface area contributed by atoms with Crippen LogP contribution in [0.1, 0.15) is 42.6 Å². The molecule has 5 heteroatoms. The number of rotatable bonds is 3. The van der Waals surface area contributed by atoms with Gasteiger partial charge in [0.05, 0.1) is 0 Å². The standard InChI is InChI=1S/C13H16N2O3/c16-10(9-3-1-6-14-9)15-13(11(17)18)7-12(8-13)4-2-5-12/h1,3,6,14H,2,4-5,7-8H2,(H,15,16)(H,17,18). The van der Waals surface area contributed by atoms with Gasteiger partial charge < -0.3 is 15.4 Å². The largest absolute Gasteiger partial charge is 0.480 e. The second-order valence-electron chi connectivity index (χ2n) is 5.63. The zero-order chi connectivity index (χ0) is 12.8. The van der Waals surface area contributed by atoms with Crippen LogP contribution in [0.15, 0.2) is 18.3 Å². The first kappa shape index (κ1) is 11.3. The van der Waals surface area contributed by atoms with Crippen LogP contribution in [0.25, 0.3) is 0 Å². The van der Waals surface area contributed by atoms with Gasteiger partial charge >= 0.3 is 5.97 Å². The topological polar surface area (TPSA) is 82.2 Å². The maximum absolute atomic E-state index is 11.9. The van der Waals surface area contributed by atoms with Gasteiger partial charge in [-0.15, -0.1) is 0 Å². The zero-order valence-electron chi connectivity index (χ0n) is 10.0. The highest BCUT2D eigenvalue weighted by molar-refractivity contribution is 5.97. The van der Waals surface area contributed by atoms with E-state index in [1.165, 1.54) is 6.42 Å². The number of aliphatic carboxylic acids is 1. The molecule has 0 saturated heterocycles. The minimum atomic E-state index is -1.05. The van der Waals surface area contributed by atoms with Gasteiger partial charge in [0, 0.05) is 6.20 Å². The molecule has 2 aliphatic rings. The normalized spacial score (nSPS) is 22.9. The molecule has 2 saturated carbocycles. The van der Waals surface area contributed by atoms with Gasteiger partial charge in [-0.05, 0) is 43.2 Å². The van der Waals surface area contributed by atoms with E-state index in [4.69, 9.17) is 0 Å². The Bertz CT molecular complexity index is 480. The summed E-state index contributed by atoms with van der Waals surface area (Å²) in [4.78, 5) is 26.1. The maximum Gasteiger partial charge on any atom is 0.329 e. The van der Waals surface area contributed by atoms with Gasteiger partial charge in [0.2, 0.25) is 0 Å². The summed E-state index contributed by atoms with van der Waals surface area (Å²) in [5.41, 5.74) is -0.450. The van der Waals surface area contributed by atoms with Gasteiger partial charge in [-0.3, -0.25) is 4.79 Å². The van der Waals surface area contributed by atoms with Crippen LogP contribution in [0.2, 0.25) is 0 Å². The van der Waals surface area contributed by atoms with Crippen LogP contribution >= 0.6 is 0 Å². The molecule has 1 heterocycles. The van der Waals surface area contributed by atoms with E-state index in [9.17, 15) is 14.7 Å². The van der Waals surface area contributed by atoms with Crippen molar-refractivity contribution >= 4 is 11.9 Å². The molecule has 0 aliphatic heterocycles. The summed E-state index contributed by atoms with van der Waals surface area (Å²) in [6.07, 6.45) is 6.17. The third-order valence-corrected chi connectivity index (χ3v) is 4.37. The molecule has 0 atom stereocenters. The molecule has 2 aliphatic carbocycles. The second-order valence-corrected chi connectivity index (χ2v) is 5.63. The number of carboxylic acids is 1. The van der Waals surface area contributed by atoms with E-state index in [0.29, 0.717) is 18.5 Å². The molecule has 0 radical (unpaired) electrons. The first-order valence-corrected chi connectivity index (χ1v) is 6.25. The number of H-pyrrole nitrogens is 1. The van der Waals surface area contributed by atoms with Crippen LogP contribution in [-0.2, 0) is 4.79 Å². The van der Waals surface area contributed by atoms with E-state index in [2.05, 4.69) is 10.3 Å². The predicted octanol–water partition coefficient (Wildman–Crippen LogP) is 1.53. The van der Waals surface area contributed by atoms with Crippen molar-refractivity contribution < 1.29 is 14.7 Å². The average molecular weight is 248 g/mol. The molecule has 2 fully saturated rings. The number of carbonyl (C=O) groups is 2. The Morgan fingerprint density at radius 3 is 2.50 bits per heavy atom. The Kier molecular flexibility index (Phi) is 2.27. The van der Waals surface area contributed by atoms with Gasteiger partial charge in [0.15, 0.2) is 0 Å². The smallest absolute Gasteiger partial charge is 0.329 e. The lowest BCUT2D eigenvalue weighted by Crippen LogP contribution is -2.68. The average Bonchev–Trinajstić information content (AvgIpc) is 2.72. The molecule has 1 spiro atoms. The first-order valence-electron chi connectivity index (χ1n) is 6.25. The number of carboxylic acid groups (broad SMARTS) is 1. The number of aromatic nitrogens is 1. The van der Waals surface area contributed by atoms with E-state index in [1.807, 2.05) is 0 Å².